The quantitative estimate of drug-likeness (QED) is 0.149. The number of amides is 1. The monoisotopic (exact) mass is 659 g/mol. The third-order valence-electron chi connectivity index (χ3n) is 13.0. The van der Waals surface area contributed by atoms with Crippen molar-refractivity contribution < 1.29 is 52.5 Å². The van der Waals surface area contributed by atoms with Crippen molar-refractivity contribution in [3.8, 4) is 0 Å². The van der Waals surface area contributed by atoms with E-state index in [0.717, 1.165) is 51.4 Å². The number of aliphatic carboxylic acids is 1. The van der Waals surface area contributed by atoms with Gasteiger partial charge >= 0.3 is 5.97 Å². The maximum Gasteiger partial charge on any atom is 0.335 e. The number of nitrogens with one attached hydrogen (secondary N) is 1. The Bertz CT molecular complexity index is 1200. The number of fused-ring (bicyclic) bond motifs is 5. The number of hydrogen-bond acceptors (Lipinski definition) is 9. The van der Waals surface area contributed by atoms with Crippen molar-refractivity contribution in [2.75, 3.05) is 12.3 Å². The molecule has 1 heterocycles. The molecule has 14 atom stereocenters. The smallest absolute Gasteiger partial charge is 0.335 e. The zero-order valence-electron chi connectivity index (χ0n) is 26.7. The molecule has 1 amide bonds. The number of aliphatic hydroxyl groups excluding tert-OH is 3. The molecule has 5 aliphatic rings. The van der Waals surface area contributed by atoms with Gasteiger partial charge in [-0.25, -0.2) is 4.79 Å². The van der Waals surface area contributed by atoms with Gasteiger partial charge in [0.05, 0.1) is 11.9 Å². The molecule has 5 rings (SSSR count). The van der Waals surface area contributed by atoms with E-state index in [2.05, 4.69) is 26.1 Å². The van der Waals surface area contributed by atoms with E-state index in [1.165, 1.54) is 12.8 Å². The molecule has 13 heteroatoms. The first-order chi connectivity index (χ1) is 21.0. The SMILES string of the molecule is CC(CCC(=O)NCCS(=O)(=O)O)C1CCC2C3CCC4CC(OC5OC(C(=O)O)C(O)C(O)C5O)CCC4(C)C3CCC12C. The zero-order chi connectivity index (χ0) is 32.9. The molecule has 12 nitrogen and oxygen atoms in total. The molecule has 5 fully saturated rings. The second-order valence-electron chi connectivity index (χ2n) is 15.3. The van der Waals surface area contributed by atoms with Gasteiger partial charge in [0.15, 0.2) is 12.4 Å². The molecule has 0 radical (unpaired) electrons. The first-order valence-electron chi connectivity index (χ1n) is 16.8. The van der Waals surface area contributed by atoms with E-state index in [4.69, 9.17) is 14.0 Å². The normalized spacial score (nSPS) is 45.5. The Balaban J connectivity index is 1.16. The minimum Gasteiger partial charge on any atom is -0.479 e. The van der Waals surface area contributed by atoms with Crippen LogP contribution >= 0.6 is 0 Å². The topological polar surface area (TPSA) is 200 Å². The van der Waals surface area contributed by atoms with E-state index in [1.54, 1.807) is 0 Å². The second kappa shape index (κ2) is 13.3. The van der Waals surface area contributed by atoms with Crippen molar-refractivity contribution in [1.29, 1.82) is 0 Å². The summed E-state index contributed by atoms with van der Waals surface area (Å²) in [6, 6.07) is 0. The van der Waals surface area contributed by atoms with Gasteiger partial charge in [0, 0.05) is 13.0 Å². The van der Waals surface area contributed by atoms with E-state index in [-0.39, 0.29) is 29.4 Å². The van der Waals surface area contributed by atoms with Gasteiger partial charge in [0.25, 0.3) is 10.1 Å². The lowest BCUT2D eigenvalue weighted by atomic mass is 9.44. The number of carboxylic acid groups (broad SMARTS) is 1. The molecule has 1 saturated heterocycles. The summed E-state index contributed by atoms with van der Waals surface area (Å²) in [5, 5.41) is 42.7. The molecule has 0 spiro atoms. The van der Waals surface area contributed by atoms with Crippen molar-refractivity contribution in [3.63, 3.8) is 0 Å². The highest BCUT2D eigenvalue weighted by molar-refractivity contribution is 7.85. The van der Waals surface area contributed by atoms with Gasteiger partial charge in [-0.1, -0.05) is 20.8 Å². The highest BCUT2D eigenvalue weighted by Gasteiger charge is 2.61. The van der Waals surface area contributed by atoms with Gasteiger partial charge in [-0.3, -0.25) is 9.35 Å². The van der Waals surface area contributed by atoms with Crippen LogP contribution in [0.3, 0.4) is 0 Å². The lowest BCUT2D eigenvalue weighted by molar-refractivity contribution is -0.309. The molecule has 45 heavy (non-hydrogen) atoms. The first kappa shape index (κ1) is 35.0. The van der Waals surface area contributed by atoms with Crippen LogP contribution in [0, 0.1) is 46.3 Å². The predicted octanol–water partition coefficient (Wildman–Crippen LogP) is 2.34. The Morgan fingerprint density at radius 1 is 0.956 bits per heavy atom. The van der Waals surface area contributed by atoms with E-state index in [0.29, 0.717) is 41.9 Å². The number of hydrogen-bond donors (Lipinski definition) is 6. The number of carbonyl (C=O) groups is 2. The third-order valence-corrected chi connectivity index (χ3v) is 13.7. The van der Waals surface area contributed by atoms with Gasteiger partial charge in [0.1, 0.15) is 18.3 Å². The Hall–Kier alpha value is -1.35. The Kier molecular flexibility index (Phi) is 10.3. The first-order valence-corrected chi connectivity index (χ1v) is 18.5. The number of aliphatic hydroxyl groups is 3. The number of carbonyl (C=O) groups excluding carboxylic acids is 1. The van der Waals surface area contributed by atoms with Crippen LogP contribution in [-0.4, -0.2) is 94.4 Å². The van der Waals surface area contributed by atoms with Crippen molar-refractivity contribution in [2.24, 2.45) is 46.3 Å². The van der Waals surface area contributed by atoms with Crippen LogP contribution in [0.1, 0.15) is 91.4 Å². The van der Waals surface area contributed by atoms with Crippen LogP contribution in [0.2, 0.25) is 0 Å². The summed E-state index contributed by atoms with van der Waals surface area (Å²) in [7, 11) is -4.10. The second-order valence-corrected chi connectivity index (χ2v) is 16.9. The fourth-order valence-corrected chi connectivity index (χ4v) is 11.0. The predicted molar refractivity (Wildman–Crippen MR) is 162 cm³/mol. The van der Waals surface area contributed by atoms with E-state index in [1.807, 2.05) is 0 Å². The third kappa shape index (κ3) is 6.96. The Morgan fingerprint density at radius 3 is 2.33 bits per heavy atom. The van der Waals surface area contributed by atoms with Gasteiger partial charge in [-0.15, -0.1) is 0 Å². The lowest BCUT2D eigenvalue weighted by Gasteiger charge is -2.61. The summed E-state index contributed by atoms with van der Waals surface area (Å²) < 4.78 is 42.2. The van der Waals surface area contributed by atoms with E-state index in [9.17, 15) is 38.4 Å². The average molecular weight is 660 g/mol. The number of ether oxygens (including phenoxy) is 2. The molecular formula is C32H53NO11S. The minimum atomic E-state index is -4.10. The van der Waals surface area contributed by atoms with Gasteiger partial charge < -0.3 is 35.2 Å². The van der Waals surface area contributed by atoms with Crippen LogP contribution in [0.15, 0.2) is 0 Å². The minimum absolute atomic E-state index is 0.0836. The summed E-state index contributed by atoms with van der Waals surface area (Å²) in [5.74, 6) is 1.18. The Labute approximate surface area is 266 Å². The molecule has 4 aliphatic carbocycles. The molecule has 14 unspecified atom stereocenters. The molecule has 258 valence electrons. The number of rotatable bonds is 10. The van der Waals surface area contributed by atoms with E-state index < -0.39 is 52.5 Å². The largest absolute Gasteiger partial charge is 0.479 e. The van der Waals surface area contributed by atoms with Crippen LogP contribution < -0.4 is 5.32 Å². The van der Waals surface area contributed by atoms with Crippen LogP contribution in [0.5, 0.6) is 0 Å². The molecule has 0 aromatic heterocycles. The van der Waals surface area contributed by atoms with E-state index >= 15 is 0 Å². The van der Waals surface area contributed by atoms with Crippen LogP contribution in [0.4, 0.5) is 0 Å². The lowest BCUT2D eigenvalue weighted by Crippen LogP contribution is -2.61. The van der Waals surface area contributed by atoms with Crippen molar-refractivity contribution >= 4 is 22.0 Å². The zero-order valence-corrected chi connectivity index (χ0v) is 27.5. The molecule has 0 aromatic carbocycles. The van der Waals surface area contributed by atoms with Gasteiger partial charge in [-0.2, -0.15) is 8.42 Å². The molecule has 4 saturated carbocycles. The summed E-state index contributed by atoms with van der Waals surface area (Å²) in [6.07, 6.45) is 2.41. The van der Waals surface area contributed by atoms with Crippen molar-refractivity contribution in [3.05, 3.63) is 0 Å². The molecular weight excluding hydrogens is 606 g/mol. The summed E-state index contributed by atoms with van der Waals surface area (Å²) in [5.41, 5.74) is 0.394. The van der Waals surface area contributed by atoms with Crippen LogP contribution in [-0.2, 0) is 29.2 Å². The molecule has 0 bridgehead atoms. The summed E-state index contributed by atoms with van der Waals surface area (Å²) in [6.45, 7) is 7.08. The standard InChI is InChI=1S/C32H53NO11S/c1-17(4-9-24(34)33-14-15-45(40,41)42)21-7-8-22-20-6-5-18-16-19(10-12-31(18,2)23(20)11-13-32(21,22)3)43-30-27(37)25(35)26(36)28(44-30)29(38)39/h17-23,25-28,30,35-37H,4-16H2,1-3H3,(H,33,34)(H,38,39)(H,40,41,42). The fourth-order valence-electron chi connectivity index (χ4n) is 10.6. The van der Waals surface area contributed by atoms with Gasteiger partial charge in [0.2, 0.25) is 5.91 Å². The van der Waals surface area contributed by atoms with Crippen molar-refractivity contribution in [1.82, 2.24) is 5.32 Å². The maximum absolute atomic E-state index is 12.3. The molecule has 6 N–H and O–H groups in total. The summed E-state index contributed by atoms with van der Waals surface area (Å²) in [4.78, 5) is 23.9. The highest BCUT2D eigenvalue weighted by atomic mass is 32.2. The van der Waals surface area contributed by atoms with Crippen LogP contribution in [0.25, 0.3) is 0 Å². The Morgan fingerprint density at radius 2 is 1.64 bits per heavy atom. The fraction of sp³-hybridized carbons (Fsp3) is 0.938. The molecule has 0 aromatic rings. The van der Waals surface area contributed by atoms with Crippen molar-refractivity contribution in [2.45, 2.75) is 128 Å². The average Bonchev–Trinajstić information content (AvgIpc) is 3.32. The van der Waals surface area contributed by atoms with Gasteiger partial charge in [-0.05, 0) is 111 Å². The summed E-state index contributed by atoms with van der Waals surface area (Å²) >= 11 is 0. The number of carboxylic acids is 1. The maximum atomic E-state index is 12.3. The molecule has 1 aliphatic heterocycles. The highest BCUT2D eigenvalue weighted by Crippen LogP contribution is 2.68.